The minimum Gasteiger partial charge on any atom is -0.388 e. The first-order chi connectivity index (χ1) is 3.68. The maximum absolute atomic E-state index is 10.1. The van der Waals surface area contributed by atoms with Crippen LogP contribution in [0.1, 0.15) is 0 Å². The van der Waals surface area contributed by atoms with E-state index in [9.17, 15) is 4.79 Å². The number of hydrogen-bond donors (Lipinski definition) is 2. The van der Waals surface area contributed by atoms with Gasteiger partial charge in [-0.3, -0.25) is 0 Å². The van der Waals surface area contributed by atoms with Crippen LogP contribution in [0.4, 0.5) is 4.79 Å². The molecule has 0 saturated heterocycles. The fraction of sp³-hybridized carbons (Fsp3) is 0.500. The summed E-state index contributed by atoms with van der Waals surface area (Å²) in [4.78, 5) is 11.3. The van der Waals surface area contributed by atoms with Crippen LogP contribution in [0.5, 0.6) is 0 Å². The molecule has 0 aliphatic rings. The fourth-order valence-corrected chi connectivity index (χ4v) is 0.212. The van der Waals surface area contributed by atoms with Crippen LogP contribution in [0, 0.1) is 6.61 Å². The molecule has 0 rings (SSSR count). The zero-order chi connectivity index (χ0) is 6.57. The van der Waals surface area contributed by atoms with Crippen molar-refractivity contribution < 1.29 is 9.90 Å². The molecule has 1 radical (unpaired) electrons. The fourth-order valence-electron chi connectivity index (χ4n) is 0.212. The first kappa shape index (κ1) is 7.23. The van der Waals surface area contributed by atoms with E-state index in [0.29, 0.717) is 0 Å². The zero-order valence-corrected chi connectivity index (χ0v) is 4.66. The van der Waals surface area contributed by atoms with E-state index in [-0.39, 0.29) is 6.54 Å². The Morgan fingerprint density at radius 3 is 2.62 bits per heavy atom. The molecule has 0 heterocycles. The molecular weight excluding hydrogens is 108 g/mol. The molecule has 0 aliphatic carbocycles. The lowest BCUT2D eigenvalue weighted by Gasteiger charge is -2.09. The van der Waals surface area contributed by atoms with Gasteiger partial charge >= 0.3 is 6.03 Å². The van der Waals surface area contributed by atoms with Gasteiger partial charge in [0.15, 0.2) is 0 Å². The number of likely N-dealkylation sites (N-methyl/N-ethyl adjacent to an activating group) is 1. The Kier molecular flexibility index (Phi) is 2.95. The number of nitrogens with two attached hydrogens (primary N) is 1. The van der Waals surface area contributed by atoms with Crippen molar-refractivity contribution in [2.75, 3.05) is 13.6 Å². The van der Waals surface area contributed by atoms with Crippen LogP contribution >= 0.6 is 0 Å². The second-order valence-electron chi connectivity index (χ2n) is 1.40. The van der Waals surface area contributed by atoms with Gasteiger partial charge in [-0.15, -0.1) is 0 Å². The Morgan fingerprint density at radius 2 is 2.50 bits per heavy atom. The molecule has 47 valence electrons. The summed E-state index contributed by atoms with van der Waals surface area (Å²) < 4.78 is 0. The van der Waals surface area contributed by atoms with Gasteiger partial charge in [0.05, 0.1) is 13.2 Å². The van der Waals surface area contributed by atoms with Crippen LogP contribution in [0.2, 0.25) is 0 Å². The predicted molar refractivity (Wildman–Crippen MR) is 28.4 cm³/mol. The van der Waals surface area contributed by atoms with Crippen molar-refractivity contribution in [2.45, 2.75) is 0 Å². The molecule has 0 aliphatic heterocycles. The highest BCUT2D eigenvalue weighted by molar-refractivity contribution is 5.71. The van der Waals surface area contributed by atoms with E-state index in [4.69, 9.17) is 10.8 Å². The largest absolute Gasteiger partial charge is 0.388 e. The molecule has 2 amide bonds. The number of carbonyl (C=O) groups is 1. The SMILES string of the molecule is CN(C[CH]O)C(N)=O. The van der Waals surface area contributed by atoms with Crippen molar-refractivity contribution >= 4 is 6.03 Å². The third-order valence-corrected chi connectivity index (χ3v) is 0.732. The van der Waals surface area contributed by atoms with Crippen molar-refractivity contribution in [3.8, 4) is 0 Å². The van der Waals surface area contributed by atoms with E-state index in [1.54, 1.807) is 0 Å². The van der Waals surface area contributed by atoms with Gasteiger partial charge in [0.2, 0.25) is 0 Å². The van der Waals surface area contributed by atoms with E-state index < -0.39 is 6.03 Å². The Bertz CT molecular complexity index is 84.1. The highest BCUT2D eigenvalue weighted by atomic mass is 16.3. The van der Waals surface area contributed by atoms with Gasteiger partial charge in [0, 0.05) is 7.05 Å². The third-order valence-electron chi connectivity index (χ3n) is 0.732. The number of rotatable bonds is 2. The molecule has 3 N–H and O–H groups in total. The van der Waals surface area contributed by atoms with E-state index in [1.165, 1.54) is 11.9 Å². The molecule has 0 aromatic heterocycles. The summed E-state index contributed by atoms with van der Waals surface area (Å²) in [6.07, 6.45) is 0. The van der Waals surface area contributed by atoms with Crippen LogP contribution < -0.4 is 5.73 Å². The summed E-state index contributed by atoms with van der Waals surface area (Å²) in [7, 11) is 1.50. The monoisotopic (exact) mass is 117 g/mol. The van der Waals surface area contributed by atoms with E-state index in [2.05, 4.69) is 0 Å². The van der Waals surface area contributed by atoms with Gasteiger partial charge in [-0.25, -0.2) is 4.79 Å². The van der Waals surface area contributed by atoms with Gasteiger partial charge < -0.3 is 15.7 Å². The Morgan fingerprint density at radius 1 is 2.00 bits per heavy atom. The van der Waals surface area contributed by atoms with E-state index >= 15 is 0 Å². The molecule has 0 spiro atoms. The quantitative estimate of drug-likeness (QED) is 0.513. The van der Waals surface area contributed by atoms with Crippen LogP contribution in [-0.2, 0) is 0 Å². The minimum atomic E-state index is -0.546. The van der Waals surface area contributed by atoms with Crippen LogP contribution in [0.15, 0.2) is 0 Å². The number of aliphatic hydroxyl groups excluding tert-OH is 1. The Hall–Kier alpha value is -0.770. The standard InChI is InChI=1S/C4H9N2O2/c1-6(2-3-7)4(5)8/h3,7H,2H2,1H3,(H2,5,8). The zero-order valence-electron chi connectivity index (χ0n) is 4.66. The first-order valence-corrected chi connectivity index (χ1v) is 2.15. The predicted octanol–water partition coefficient (Wildman–Crippen LogP) is -0.469. The average molecular weight is 117 g/mol. The third kappa shape index (κ3) is 2.41. The van der Waals surface area contributed by atoms with Gasteiger partial charge in [0.25, 0.3) is 0 Å². The lowest BCUT2D eigenvalue weighted by atomic mass is 10.6. The summed E-state index contributed by atoms with van der Waals surface area (Å²) >= 11 is 0. The lowest BCUT2D eigenvalue weighted by Crippen LogP contribution is -2.32. The number of aliphatic hydroxyl groups is 1. The number of hydrogen-bond acceptors (Lipinski definition) is 2. The summed E-state index contributed by atoms with van der Waals surface area (Å²) in [6, 6.07) is -0.546. The summed E-state index contributed by atoms with van der Waals surface area (Å²) in [5.74, 6) is 0. The molecular formula is C4H9N2O2. The van der Waals surface area contributed by atoms with E-state index in [0.717, 1.165) is 6.61 Å². The van der Waals surface area contributed by atoms with Crippen LogP contribution in [0.25, 0.3) is 0 Å². The number of nitrogens with zero attached hydrogens (tertiary/aromatic N) is 1. The van der Waals surface area contributed by atoms with Crippen LogP contribution in [0.3, 0.4) is 0 Å². The van der Waals surface area contributed by atoms with Crippen LogP contribution in [-0.4, -0.2) is 29.6 Å². The van der Waals surface area contributed by atoms with Crippen molar-refractivity contribution in [1.29, 1.82) is 0 Å². The smallest absolute Gasteiger partial charge is 0.314 e. The molecule has 4 nitrogen and oxygen atoms in total. The van der Waals surface area contributed by atoms with Gasteiger partial charge in [0.1, 0.15) is 0 Å². The number of carbonyl (C=O) groups excluding carboxylic acids is 1. The molecule has 4 heteroatoms. The molecule has 0 bridgehead atoms. The van der Waals surface area contributed by atoms with Gasteiger partial charge in [-0.1, -0.05) is 0 Å². The van der Waals surface area contributed by atoms with Crippen molar-refractivity contribution in [3.63, 3.8) is 0 Å². The average Bonchev–Trinajstić information content (AvgIpc) is 1.67. The second kappa shape index (κ2) is 3.26. The number of urea groups is 1. The van der Waals surface area contributed by atoms with Crippen molar-refractivity contribution in [2.24, 2.45) is 5.73 Å². The summed E-state index contributed by atoms with van der Waals surface area (Å²) in [5, 5.41) is 8.11. The highest BCUT2D eigenvalue weighted by Crippen LogP contribution is 1.79. The molecule has 0 atom stereocenters. The Labute approximate surface area is 47.9 Å². The minimum absolute atomic E-state index is 0.176. The normalized spacial score (nSPS) is 8.75. The topological polar surface area (TPSA) is 66.6 Å². The molecule has 0 saturated carbocycles. The maximum Gasteiger partial charge on any atom is 0.314 e. The number of amides is 2. The lowest BCUT2D eigenvalue weighted by molar-refractivity contribution is 0.213. The number of primary amides is 1. The van der Waals surface area contributed by atoms with Crippen molar-refractivity contribution in [1.82, 2.24) is 4.90 Å². The first-order valence-electron chi connectivity index (χ1n) is 2.15. The summed E-state index contributed by atoms with van der Waals surface area (Å²) in [6.45, 7) is 1.04. The highest BCUT2D eigenvalue weighted by Gasteiger charge is 1.98. The van der Waals surface area contributed by atoms with Crippen molar-refractivity contribution in [3.05, 3.63) is 6.61 Å². The molecule has 0 unspecified atom stereocenters. The second-order valence-corrected chi connectivity index (χ2v) is 1.40. The summed E-state index contributed by atoms with van der Waals surface area (Å²) in [5.41, 5.74) is 4.78. The molecule has 0 fully saturated rings. The molecule has 8 heavy (non-hydrogen) atoms. The Balaban J connectivity index is 3.32. The molecule has 0 aromatic carbocycles. The van der Waals surface area contributed by atoms with E-state index in [1.807, 2.05) is 0 Å². The van der Waals surface area contributed by atoms with Gasteiger partial charge in [-0.05, 0) is 0 Å². The molecule has 0 aromatic rings. The van der Waals surface area contributed by atoms with Gasteiger partial charge in [-0.2, -0.15) is 0 Å². The maximum atomic E-state index is 10.1.